The average molecular weight is 580 g/mol. The molecular formula is C37H29N3O4. The largest absolute Gasteiger partial charge is 0.481 e. The van der Waals surface area contributed by atoms with Gasteiger partial charge in [-0.3, -0.25) is 19.7 Å². The van der Waals surface area contributed by atoms with Gasteiger partial charge >= 0.3 is 5.97 Å². The van der Waals surface area contributed by atoms with Gasteiger partial charge in [0.05, 0.1) is 12.2 Å². The van der Waals surface area contributed by atoms with Gasteiger partial charge in [-0.25, -0.2) is 0 Å². The van der Waals surface area contributed by atoms with E-state index in [4.69, 9.17) is 13.9 Å². The predicted octanol–water partition coefficient (Wildman–Crippen LogP) is 8.17. The Kier molecular flexibility index (Phi) is 7.44. The first-order valence-corrected chi connectivity index (χ1v) is 14.5. The number of furan rings is 2. The van der Waals surface area contributed by atoms with E-state index in [9.17, 15) is 4.79 Å². The van der Waals surface area contributed by atoms with Gasteiger partial charge in [-0.2, -0.15) is 0 Å². The summed E-state index contributed by atoms with van der Waals surface area (Å²) in [6.45, 7) is 2.03. The molecule has 4 aromatic heterocycles. The molecule has 1 fully saturated rings. The van der Waals surface area contributed by atoms with Crippen molar-refractivity contribution in [1.29, 1.82) is 0 Å². The molecule has 1 aliphatic heterocycles. The van der Waals surface area contributed by atoms with E-state index >= 15 is 0 Å². The summed E-state index contributed by atoms with van der Waals surface area (Å²) in [7, 11) is 0. The number of rotatable bonds is 6. The maximum Gasteiger partial charge on any atom is 0.309 e. The van der Waals surface area contributed by atoms with E-state index in [0.717, 1.165) is 62.1 Å². The van der Waals surface area contributed by atoms with E-state index < -0.39 is 5.97 Å². The van der Waals surface area contributed by atoms with Crippen LogP contribution in [-0.4, -0.2) is 39.0 Å². The van der Waals surface area contributed by atoms with Crippen molar-refractivity contribution in [3.8, 4) is 33.6 Å². The Balaban J connectivity index is 0.000000174. The van der Waals surface area contributed by atoms with Gasteiger partial charge in [0.2, 0.25) is 0 Å². The lowest BCUT2D eigenvalue weighted by atomic mass is 9.99. The molecule has 8 rings (SSSR count). The summed E-state index contributed by atoms with van der Waals surface area (Å²) < 4.78 is 11.3. The fraction of sp³-hybridized carbons (Fsp3) is 0.108. The molecular weight excluding hydrogens is 550 g/mol. The highest BCUT2D eigenvalue weighted by molar-refractivity contribution is 5.87. The molecule has 5 heterocycles. The first-order chi connectivity index (χ1) is 21.6. The van der Waals surface area contributed by atoms with Crippen LogP contribution in [0.25, 0.3) is 55.5 Å². The van der Waals surface area contributed by atoms with E-state index in [2.05, 4.69) is 57.3 Å². The third-order valence-electron chi connectivity index (χ3n) is 7.91. The lowest BCUT2D eigenvalue weighted by Gasteiger charge is -2.36. The van der Waals surface area contributed by atoms with Crippen molar-refractivity contribution in [1.82, 2.24) is 14.9 Å². The van der Waals surface area contributed by atoms with Crippen LogP contribution in [0.1, 0.15) is 5.56 Å². The predicted molar refractivity (Wildman–Crippen MR) is 171 cm³/mol. The molecule has 0 spiro atoms. The quantitative estimate of drug-likeness (QED) is 0.212. The number of fused-ring (bicyclic) bond motifs is 2. The Hall–Kier alpha value is -5.53. The van der Waals surface area contributed by atoms with Crippen LogP contribution in [-0.2, 0) is 11.3 Å². The molecule has 44 heavy (non-hydrogen) atoms. The first-order valence-electron chi connectivity index (χ1n) is 14.5. The van der Waals surface area contributed by atoms with Gasteiger partial charge in [-0.05, 0) is 65.2 Å². The summed E-state index contributed by atoms with van der Waals surface area (Å²) in [5.41, 5.74) is 8.46. The number of likely N-dealkylation sites (tertiary alicyclic amines) is 1. The van der Waals surface area contributed by atoms with Crippen molar-refractivity contribution in [2.45, 2.75) is 6.54 Å². The number of nitrogens with zero attached hydrogens (tertiary/aromatic N) is 3. The molecule has 0 atom stereocenters. The third-order valence-corrected chi connectivity index (χ3v) is 7.91. The lowest BCUT2D eigenvalue weighted by molar-refractivity contribution is -0.147. The highest BCUT2D eigenvalue weighted by Crippen LogP contribution is 2.31. The molecule has 216 valence electrons. The third kappa shape index (κ3) is 5.86. The number of hydrogen-bond acceptors (Lipinski definition) is 6. The maximum atomic E-state index is 10.9. The molecule has 7 aromatic rings. The van der Waals surface area contributed by atoms with Crippen LogP contribution in [0.15, 0.2) is 137 Å². The van der Waals surface area contributed by atoms with Gasteiger partial charge < -0.3 is 13.9 Å². The summed E-state index contributed by atoms with van der Waals surface area (Å²) in [4.78, 5) is 21.4. The average Bonchev–Trinajstić information content (AvgIpc) is 3.70. The van der Waals surface area contributed by atoms with Gasteiger partial charge in [-0.15, -0.1) is 0 Å². The Labute approximate surface area is 254 Å². The minimum Gasteiger partial charge on any atom is -0.481 e. The fourth-order valence-corrected chi connectivity index (χ4v) is 5.47. The highest BCUT2D eigenvalue weighted by atomic mass is 16.4. The van der Waals surface area contributed by atoms with Crippen LogP contribution in [0.5, 0.6) is 0 Å². The second-order valence-corrected chi connectivity index (χ2v) is 10.9. The summed E-state index contributed by atoms with van der Waals surface area (Å²) in [5, 5.41) is 11.2. The molecule has 0 amide bonds. The number of carboxylic acid groups (broad SMARTS) is 1. The van der Waals surface area contributed by atoms with Crippen LogP contribution in [0, 0.1) is 5.92 Å². The first kappa shape index (κ1) is 27.3. The minimum absolute atomic E-state index is 0.221. The molecule has 1 saturated heterocycles. The SMILES string of the molecule is O=C(O)C1CN(Cc2ccc(-c3cc4cc(-c5cccnc5)ccc4o3)cc2)C1.c1cncc(-c2ccc3occc3c2)c1. The number of aliphatic carboxylic acids is 1. The number of aromatic nitrogens is 2. The smallest absolute Gasteiger partial charge is 0.309 e. The van der Waals surface area contributed by atoms with Crippen molar-refractivity contribution >= 4 is 27.9 Å². The Morgan fingerprint density at radius 1 is 0.727 bits per heavy atom. The van der Waals surface area contributed by atoms with Crippen molar-refractivity contribution in [3.05, 3.63) is 134 Å². The van der Waals surface area contributed by atoms with E-state index in [1.54, 1.807) is 18.7 Å². The molecule has 3 aromatic carbocycles. The van der Waals surface area contributed by atoms with Crippen LogP contribution in [0.4, 0.5) is 0 Å². The molecule has 1 N–H and O–H groups in total. The van der Waals surface area contributed by atoms with E-state index in [1.807, 2.05) is 67.0 Å². The van der Waals surface area contributed by atoms with Crippen LogP contribution in [0.2, 0.25) is 0 Å². The van der Waals surface area contributed by atoms with Crippen LogP contribution in [0.3, 0.4) is 0 Å². The number of pyridine rings is 2. The maximum absolute atomic E-state index is 10.9. The normalized spacial score (nSPS) is 13.4. The monoisotopic (exact) mass is 579 g/mol. The Morgan fingerprint density at radius 3 is 2.00 bits per heavy atom. The number of hydrogen-bond donors (Lipinski definition) is 1. The molecule has 1 aliphatic rings. The van der Waals surface area contributed by atoms with E-state index in [1.165, 1.54) is 5.56 Å². The Bertz CT molecular complexity index is 2030. The molecule has 0 bridgehead atoms. The Morgan fingerprint density at radius 2 is 1.36 bits per heavy atom. The standard InChI is InChI=1S/C24H20N2O3.C13H9NO/c27-24(28)21-14-26(15-21)13-16-3-5-17(6-4-16)23-11-20-10-18(7-8-22(20)29-23)19-2-1-9-25-12-19;1-2-12(9-14-6-1)10-3-4-13-11(8-10)5-7-15-13/h1-12,21H,13-15H2,(H,27,28);1-9H. The van der Waals surface area contributed by atoms with Gasteiger partial charge in [0.1, 0.15) is 16.9 Å². The van der Waals surface area contributed by atoms with Crippen molar-refractivity contribution in [3.63, 3.8) is 0 Å². The second-order valence-electron chi connectivity index (χ2n) is 10.9. The molecule has 0 radical (unpaired) electrons. The van der Waals surface area contributed by atoms with Crippen molar-refractivity contribution < 1.29 is 18.7 Å². The second kappa shape index (κ2) is 12.0. The van der Waals surface area contributed by atoms with Crippen LogP contribution < -0.4 is 0 Å². The van der Waals surface area contributed by atoms with Gasteiger partial charge in [-0.1, -0.05) is 48.5 Å². The fourth-order valence-electron chi connectivity index (χ4n) is 5.47. The van der Waals surface area contributed by atoms with Crippen LogP contribution >= 0.6 is 0 Å². The summed E-state index contributed by atoms with van der Waals surface area (Å²) in [6, 6.07) is 32.6. The highest BCUT2D eigenvalue weighted by Gasteiger charge is 2.32. The molecule has 7 heteroatoms. The number of carboxylic acids is 1. The zero-order chi connectivity index (χ0) is 29.9. The van der Waals surface area contributed by atoms with Crippen molar-refractivity contribution in [2.24, 2.45) is 5.92 Å². The lowest BCUT2D eigenvalue weighted by Crippen LogP contribution is -2.49. The minimum atomic E-state index is -0.701. The molecule has 0 saturated carbocycles. The zero-order valence-electron chi connectivity index (χ0n) is 23.8. The summed E-state index contributed by atoms with van der Waals surface area (Å²) >= 11 is 0. The number of carbonyl (C=O) groups is 1. The van der Waals surface area contributed by atoms with E-state index in [0.29, 0.717) is 13.1 Å². The van der Waals surface area contributed by atoms with Crippen molar-refractivity contribution in [2.75, 3.05) is 13.1 Å². The molecule has 0 unspecified atom stereocenters. The topological polar surface area (TPSA) is 92.6 Å². The van der Waals surface area contributed by atoms with Gasteiger partial charge in [0.15, 0.2) is 0 Å². The number of benzene rings is 3. The molecule has 0 aliphatic carbocycles. The molecule has 7 nitrogen and oxygen atoms in total. The van der Waals surface area contributed by atoms with Gasteiger partial charge in [0, 0.05) is 71.9 Å². The summed E-state index contributed by atoms with van der Waals surface area (Å²) in [6.07, 6.45) is 8.98. The zero-order valence-corrected chi connectivity index (χ0v) is 23.8. The van der Waals surface area contributed by atoms with E-state index in [-0.39, 0.29) is 5.92 Å². The summed E-state index contributed by atoms with van der Waals surface area (Å²) in [5.74, 6) is -0.0840. The van der Waals surface area contributed by atoms with Gasteiger partial charge in [0.25, 0.3) is 0 Å².